The van der Waals surface area contributed by atoms with Crippen LogP contribution in [0, 0.1) is 31.7 Å². The van der Waals surface area contributed by atoms with Gasteiger partial charge in [-0.2, -0.15) is 0 Å². The van der Waals surface area contributed by atoms with E-state index in [4.69, 9.17) is 22.6 Å². The molecule has 0 saturated heterocycles. The number of halogens is 1. The van der Waals surface area contributed by atoms with Crippen molar-refractivity contribution >= 4 is 76.3 Å². The second-order valence-electron chi connectivity index (χ2n) is 18.2. The number of benzene rings is 9. The predicted molar refractivity (Wildman–Crippen MR) is 279 cm³/mol. The summed E-state index contributed by atoms with van der Waals surface area (Å²) in [6.45, 7) is 1.54. The topological polar surface area (TPSA) is 48.8 Å². The van der Waals surface area contributed by atoms with Crippen LogP contribution in [0.2, 0.25) is 0 Å². The van der Waals surface area contributed by atoms with Crippen molar-refractivity contribution in [2.45, 2.75) is 39.9 Å². The Kier molecular flexibility index (Phi) is 9.25. The summed E-state index contributed by atoms with van der Waals surface area (Å²) in [5.74, 6) is 0.467. The first-order chi connectivity index (χ1) is 35.5. The van der Waals surface area contributed by atoms with E-state index in [0.29, 0.717) is 27.6 Å². The number of furan rings is 1. The number of imidazole rings is 1. The van der Waals surface area contributed by atoms with Gasteiger partial charge in [-0.3, -0.25) is 9.37 Å². The number of aryl methyl sites for hydroxylation is 2. The molecule has 0 atom stereocenters. The molecule has 337 valence electrons. The fraction of sp³-hybridized carbons (Fsp3) is 0.0968. The maximum atomic E-state index is 13.4. The number of pyridine rings is 1. The first-order valence-corrected chi connectivity index (χ1v) is 22.5. The molecule has 13 rings (SSSR count). The number of hydrogen-bond acceptors (Lipinski definition) is 3. The van der Waals surface area contributed by atoms with Gasteiger partial charge in [-0.15, -0.1) is 48.0 Å². The SMILES string of the molecule is CC(C)(C)c1ccccc1-n1c(-c2[c-]cc(F)cc2)nc2ccccc21.[2H]C([2H])([2H])c1cc(C([2H])([2H])[2H])c2oc3c(-c4cc5c(cn4)c4ccccc4n5-c4ccc5c(ccc6ccccc65)c4)[c-]ccc3c2c1.[Ir]. The van der Waals surface area contributed by atoms with E-state index in [1.807, 2.05) is 48.7 Å². The molecule has 0 N–H and O–H groups in total. The first kappa shape index (κ1) is 37.3. The summed E-state index contributed by atoms with van der Waals surface area (Å²) in [7, 11) is 0. The van der Waals surface area contributed by atoms with Crippen LogP contribution in [-0.4, -0.2) is 19.1 Å². The van der Waals surface area contributed by atoms with Crippen molar-refractivity contribution in [1.82, 2.24) is 19.1 Å². The van der Waals surface area contributed by atoms with Crippen LogP contribution in [0.15, 0.2) is 187 Å². The largest absolute Gasteiger partial charge is 0.500 e. The van der Waals surface area contributed by atoms with E-state index in [-0.39, 0.29) is 48.0 Å². The Balaban J connectivity index is 0.000000189. The van der Waals surface area contributed by atoms with Crippen LogP contribution in [0.4, 0.5) is 4.39 Å². The molecule has 0 spiro atoms. The van der Waals surface area contributed by atoms with Gasteiger partial charge in [0.05, 0.1) is 28.0 Å². The molecule has 0 unspecified atom stereocenters. The van der Waals surface area contributed by atoms with E-state index in [1.165, 1.54) is 46.0 Å². The molecule has 4 aromatic heterocycles. The molecule has 0 aliphatic heterocycles. The predicted octanol–water partition coefficient (Wildman–Crippen LogP) is 16.4. The van der Waals surface area contributed by atoms with E-state index in [2.05, 4.69) is 133 Å². The van der Waals surface area contributed by atoms with Gasteiger partial charge in [0, 0.05) is 73.4 Å². The number of hydrogen-bond donors (Lipinski definition) is 0. The van der Waals surface area contributed by atoms with Gasteiger partial charge in [0.25, 0.3) is 0 Å². The van der Waals surface area contributed by atoms with Crippen LogP contribution in [0.3, 0.4) is 0 Å². The molecular weight excluding hydrogens is 1030 g/mol. The molecule has 13 aromatic rings. The third-order valence-corrected chi connectivity index (χ3v) is 12.9. The third-order valence-electron chi connectivity index (χ3n) is 12.9. The van der Waals surface area contributed by atoms with Crippen molar-refractivity contribution in [3.63, 3.8) is 0 Å². The zero-order chi connectivity index (χ0) is 51.3. The average molecular weight is 1080 g/mol. The molecule has 69 heavy (non-hydrogen) atoms. The smallest absolute Gasteiger partial charge is 0.123 e. The number of fused-ring (bicyclic) bond motifs is 10. The minimum Gasteiger partial charge on any atom is -0.500 e. The zero-order valence-corrected chi connectivity index (χ0v) is 40.1. The van der Waals surface area contributed by atoms with Gasteiger partial charge in [-0.1, -0.05) is 140 Å². The van der Waals surface area contributed by atoms with Gasteiger partial charge in [0.1, 0.15) is 5.58 Å². The number of aromatic nitrogens is 4. The molecular formula is C62H45FIrN4O-2. The van der Waals surface area contributed by atoms with Crippen molar-refractivity contribution in [3.8, 4) is 34.0 Å². The fourth-order valence-electron chi connectivity index (χ4n) is 9.75. The summed E-state index contributed by atoms with van der Waals surface area (Å²) in [5, 5.41) is 7.79. The minimum atomic E-state index is -2.58. The second-order valence-corrected chi connectivity index (χ2v) is 18.2. The minimum absolute atomic E-state index is 0. The van der Waals surface area contributed by atoms with Gasteiger partial charge in [0.15, 0.2) is 0 Å². The molecule has 0 aliphatic carbocycles. The van der Waals surface area contributed by atoms with Crippen molar-refractivity contribution in [2.24, 2.45) is 0 Å². The van der Waals surface area contributed by atoms with E-state index in [9.17, 15) is 4.39 Å². The van der Waals surface area contributed by atoms with Crippen molar-refractivity contribution < 1.29 is 37.1 Å². The van der Waals surface area contributed by atoms with Crippen molar-refractivity contribution in [3.05, 3.63) is 217 Å². The summed E-state index contributed by atoms with van der Waals surface area (Å²) in [4.78, 5) is 9.68. The molecule has 9 aromatic carbocycles. The summed E-state index contributed by atoms with van der Waals surface area (Å²) >= 11 is 0. The molecule has 0 aliphatic rings. The van der Waals surface area contributed by atoms with Crippen LogP contribution in [0.1, 0.15) is 45.7 Å². The third kappa shape index (κ3) is 7.50. The van der Waals surface area contributed by atoms with Gasteiger partial charge in [-0.25, -0.2) is 0 Å². The van der Waals surface area contributed by atoms with Crippen LogP contribution in [-0.2, 0) is 25.5 Å². The Labute approximate surface area is 421 Å². The standard InChI is InChI=1S/C39H25N2O.C23H20FN2.Ir/c1-23-18-24(2)38-33(19-23)31-11-7-12-32(39(31)42-38)35-21-37-34(22-40-35)30-10-5-6-13-36(30)41(37)27-16-17-29-26(20-27)15-14-25-8-3-4-9-28(25)29;1-23(2,3)18-8-4-6-10-20(18)26-21-11-7-5-9-19(21)25-22(26)16-12-14-17(24)15-13-16;/h3-11,13-22H,1-2H3;4-12,14-15H,1-3H3;/q2*-1;/i1D3,2D3;;. The zero-order valence-electron chi connectivity index (χ0n) is 43.7. The normalized spacial score (nSPS) is 13.4. The molecule has 4 heterocycles. The van der Waals surface area contributed by atoms with Crippen LogP contribution in [0.5, 0.6) is 0 Å². The Morgan fingerprint density at radius 2 is 1.38 bits per heavy atom. The van der Waals surface area contributed by atoms with Gasteiger partial charge >= 0.3 is 0 Å². The molecule has 5 nitrogen and oxygen atoms in total. The van der Waals surface area contributed by atoms with Gasteiger partial charge < -0.3 is 18.5 Å². The average Bonchev–Trinajstić information content (AvgIpc) is 4.10. The second kappa shape index (κ2) is 17.1. The van der Waals surface area contributed by atoms with E-state index >= 15 is 0 Å². The fourth-order valence-corrected chi connectivity index (χ4v) is 9.75. The number of nitrogens with zero attached hydrogens (tertiary/aromatic N) is 4. The first-order valence-electron chi connectivity index (χ1n) is 25.5. The van der Waals surface area contributed by atoms with Crippen molar-refractivity contribution in [1.29, 1.82) is 0 Å². The van der Waals surface area contributed by atoms with E-state index in [1.54, 1.807) is 18.2 Å². The Bertz CT molecular complexity index is 4360. The maximum absolute atomic E-state index is 13.4. The molecule has 0 fully saturated rings. The number of rotatable bonds is 4. The summed E-state index contributed by atoms with van der Waals surface area (Å²) in [6, 6.07) is 63.0. The van der Waals surface area contributed by atoms with Gasteiger partial charge in [-0.05, 0) is 99.9 Å². The summed E-state index contributed by atoms with van der Waals surface area (Å²) < 4.78 is 72.5. The van der Waals surface area contributed by atoms with E-state index < -0.39 is 13.7 Å². The molecule has 0 bridgehead atoms. The molecule has 7 heteroatoms. The summed E-state index contributed by atoms with van der Waals surface area (Å²) in [5.41, 5.74) is 9.47. The van der Waals surface area contributed by atoms with Gasteiger partial charge in [0.2, 0.25) is 0 Å². The summed E-state index contributed by atoms with van der Waals surface area (Å²) in [6.07, 6.45) is 1.86. The van der Waals surface area contributed by atoms with Crippen LogP contribution in [0.25, 0.3) is 110 Å². The molecule has 0 amide bonds. The van der Waals surface area contributed by atoms with E-state index in [0.717, 1.165) is 61.0 Å². The number of para-hydroxylation sites is 4. The Morgan fingerprint density at radius 3 is 2.20 bits per heavy atom. The van der Waals surface area contributed by atoms with Crippen LogP contribution < -0.4 is 0 Å². The monoisotopic (exact) mass is 1080 g/mol. The van der Waals surface area contributed by atoms with Crippen LogP contribution >= 0.6 is 0 Å². The Hall–Kier alpha value is -7.70. The van der Waals surface area contributed by atoms with Crippen molar-refractivity contribution in [2.75, 3.05) is 0 Å². The quantitative estimate of drug-likeness (QED) is 0.130. The Morgan fingerprint density at radius 1 is 0.609 bits per heavy atom. The maximum Gasteiger partial charge on any atom is 0.123 e. The molecule has 1 radical (unpaired) electrons. The molecule has 0 saturated carbocycles.